The minimum atomic E-state index is -0.814. The Morgan fingerprint density at radius 2 is 1.80 bits per heavy atom. The summed E-state index contributed by atoms with van der Waals surface area (Å²) in [6, 6.07) is 11.8. The van der Waals surface area contributed by atoms with Gasteiger partial charge in [0.05, 0.1) is 6.42 Å². The second kappa shape index (κ2) is 4.03. The van der Waals surface area contributed by atoms with Crippen LogP contribution in [0.5, 0.6) is 0 Å². The van der Waals surface area contributed by atoms with E-state index in [1.165, 1.54) is 0 Å². The van der Waals surface area contributed by atoms with Gasteiger partial charge >= 0.3 is 5.97 Å². The van der Waals surface area contributed by atoms with Gasteiger partial charge in [0, 0.05) is 4.47 Å². The van der Waals surface area contributed by atoms with E-state index in [1.54, 1.807) is 0 Å². The van der Waals surface area contributed by atoms with Gasteiger partial charge in [-0.2, -0.15) is 0 Å². The molecule has 2 rings (SSSR count). The van der Waals surface area contributed by atoms with E-state index in [2.05, 4.69) is 15.9 Å². The molecule has 0 spiro atoms. The number of benzene rings is 2. The van der Waals surface area contributed by atoms with Crippen molar-refractivity contribution in [2.75, 3.05) is 0 Å². The van der Waals surface area contributed by atoms with Crippen molar-refractivity contribution in [3.63, 3.8) is 0 Å². The molecule has 2 aromatic carbocycles. The highest BCUT2D eigenvalue weighted by atomic mass is 79.9. The Bertz CT molecular complexity index is 520. The van der Waals surface area contributed by atoms with Crippen LogP contribution in [0.3, 0.4) is 0 Å². The van der Waals surface area contributed by atoms with Crippen molar-refractivity contribution >= 4 is 32.7 Å². The summed E-state index contributed by atoms with van der Waals surface area (Å²) in [7, 11) is 0. The molecule has 0 bridgehead atoms. The maximum absolute atomic E-state index is 10.6. The van der Waals surface area contributed by atoms with E-state index in [-0.39, 0.29) is 6.42 Å². The van der Waals surface area contributed by atoms with E-state index in [0.29, 0.717) is 0 Å². The molecular formula is C12H9BrO2. The Balaban J connectivity index is 2.56. The van der Waals surface area contributed by atoms with Crippen LogP contribution in [0, 0.1) is 0 Å². The lowest BCUT2D eigenvalue weighted by Gasteiger charge is -2.04. The van der Waals surface area contributed by atoms with E-state index in [4.69, 9.17) is 5.11 Å². The first kappa shape index (κ1) is 10.2. The van der Waals surface area contributed by atoms with E-state index in [1.807, 2.05) is 36.4 Å². The molecule has 1 N–H and O–H groups in total. The van der Waals surface area contributed by atoms with Gasteiger partial charge in [0.1, 0.15) is 0 Å². The Morgan fingerprint density at radius 3 is 2.40 bits per heavy atom. The number of aliphatic carboxylic acids is 1. The summed E-state index contributed by atoms with van der Waals surface area (Å²) in [6.45, 7) is 0. The molecule has 15 heavy (non-hydrogen) atoms. The van der Waals surface area contributed by atoms with E-state index < -0.39 is 5.97 Å². The van der Waals surface area contributed by atoms with E-state index in [0.717, 1.165) is 20.8 Å². The molecule has 3 heteroatoms. The van der Waals surface area contributed by atoms with Crippen LogP contribution in [0.25, 0.3) is 10.8 Å². The second-order valence-electron chi connectivity index (χ2n) is 3.36. The zero-order valence-electron chi connectivity index (χ0n) is 7.90. The van der Waals surface area contributed by atoms with Crippen LogP contribution in [-0.2, 0) is 11.2 Å². The predicted molar refractivity (Wildman–Crippen MR) is 63.0 cm³/mol. The summed E-state index contributed by atoms with van der Waals surface area (Å²) in [6.07, 6.45) is 0.0470. The van der Waals surface area contributed by atoms with Crippen LogP contribution in [0.2, 0.25) is 0 Å². The normalized spacial score (nSPS) is 10.5. The molecule has 0 saturated carbocycles. The summed E-state index contributed by atoms with van der Waals surface area (Å²) < 4.78 is 0.851. The minimum absolute atomic E-state index is 0.0470. The second-order valence-corrected chi connectivity index (χ2v) is 4.22. The zero-order valence-corrected chi connectivity index (χ0v) is 9.49. The van der Waals surface area contributed by atoms with Gasteiger partial charge in [0.25, 0.3) is 0 Å². The fraction of sp³-hybridized carbons (Fsp3) is 0.0833. The highest BCUT2D eigenvalue weighted by Gasteiger charge is 2.06. The van der Waals surface area contributed by atoms with Gasteiger partial charge in [-0.05, 0) is 28.5 Å². The fourth-order valence-corrected chi connectivity index (χ4v) is 2.06. The molecule has 0 atom stereocenters. The molecule has 0 aliphatic rings. The average molecular weight is 265 g/mol. The van der Waals surface area contributed by atoms with Crippen LogP contribution in [0.4, 0.5) is 0 Å². The van der Waals surface area contributed by atoms with E-state index in [9.17, 15) is 4.79 Å². The van der Waals surface area contributed by atoms with Crippen molar-refractivity contribution in [3.05, 3.63) is 46.4 Å². The number of hydrogen-bond acceptors (Lipinski definition) is 1. The Labute approximate surface area is 95.7 Å². The van der Waals surface area contributed by atoms with E-state index >= 15 is 0 Å². The predicted octanol–water partition coefficient (Wildman–Crippen LogP) is 3.23. The smallest absolute Gasteiger partial charge is 0.307 e. The maximum atomic E-state index is 10.6. The maximum Gasteiger partial charge on any atom is 0.307 e. The summed E-state index contributed by atoms with van der Waals surface area (Å²) in [4.78, 5) is 10.6. The van der Waals surface area contributed by atoms with Crippen LogP contribution in [0.15, 0.2) is 40.9 Å². The molecule has 0 unspecified atom stereocenters. The summed E-state index contributed by atoms with van der Waals surface area (Å²) >= 11 is 3.38. The minimum Gasteiger partial charge on any atom is -0.481 e. The van der Waals surface area contributed by atoms with Gasteiger partial charge < -0.3 is 5.11 Å². The van der Waals surface area contributed by atoms with Crippen molar-refractivity contribution < 1.29 is 9.90 Å². The molecule has 0 aliphatic heterocycles. The van der Waals surface area contributed by atoms with Crippen LogP contribution in [-0.4, -0.2) is 11.1 Å². The Kier molecular flexibility index (Phi) is 2.73. The topological polar surface area (TPSA) is 37.3 Å². The highest BCUT2D eigenvalue weighted by molar-refractivity contribution is 9.10. The summed E-state index contributed by atoms with van der Waals surface area (Å²) in [5, 5.41) is 10.9. The number of rotatable bonds is 2. The quantitative estimate of drug-likeness (QED) is 0.905. The summed E-state index contributed by atoms with van der Waals surface area (Å²) in [5.41, 5.74) is 0.807. The SMILES string of the molecule is O=C(O)Cc1cc2ccccc2cc1Br. The molecule has 2 aromatic rings. The Morgan fingerprint density at radius 1 is 1.20 bits per heavy atom. The number of carboxylic acid groups (broad SMARTS) is 1. The lowest BCUT2D eigenvalue weighted by molar-refractivity contribution is -0.136. The number of carbonyl (C=O) groups is 1. The van der Waals surface area contributed by atoms with Crippen molar-refractivity contribution in [3.8, 4) is 0 Å². The van der Waals surface area contributed by atoms with Crippen LogP contribution in [0.1, 0.15) is 5.56 Å². The molecule has 0 heterocycles. The van der Waals surface area contributed by atoms with Gasteiger partial charge in [0.2, 0.25) is 0 Å². The Hall–Kier alpha value is -1.35. The first-order chi connectivity index (χ1) is 7.16. The van der Waals surface area contributed by atoms with Crippen molar-refractivity contribution in [1.29, 1.82) is 0 Å². The number of carboxylic acids is 1. The highest BCUT2D eigenvalue weighted by Crippen LogP contribution is 2.24. The molecule has 76 valence electrons. The third-order valence-corrected chi connectivity index (χ3v) is 2.99. The molecule has 2 nitrogen and oxygen atoms in total. The fourth-order valence-electron chi connectivity index (χ4n) is 1.56. The number of fused-ring (bicyclic) bond motifs is 1. The molecular weight excluding hydrogens is 256 g/mol. The van der Waals surface area contributed by atoms with Gasteiger partial charge in [-0.15, -0.1) is 0 Å². The largest absolute Gasteiger partial charge is 0.481 e. The first-order valence-corrected chi connectivity index (χ1v) is 5.35. The number of hydrogen-bond donors (Lipinski definition) is 1. The van der Waals surface area contributed by atoms with Gasteiger partial charge in [-0.1, -0.05) is 40.2 Å². The molecule has 0 aliphatic carbocycles. The third kappa shape index (κ3) is 2.18. The van der Waals surface area contributed by atoms with Crippen molar-refractivity contribution in [2.24, 2.45) is 0 Å². The first-order valence-electron chi connectivity index (χ1n) is 4.56. The van der Waals surface area contributed by atoms with Crippen LogP contribution < -0.4 is 0 Å². The van der Waals surface area contributed by atoms with Crippen LogP contribution >= 0.6 is 15.9 Å². The number of halogens is 1. The molecule has 0 radical (unpaired) electrons. The molecule has 0 fully saturated rings. The molecule has 0 amide bonds. The lowest BCUT2D eigenvalue weighted by Crippen LogP contribution is -2.00. The van der Waals surface area contributed by atoms with Crippen molar-refractivity contribution in [2.45, 2.75) is 6.42 Å². The monoisotopic (exact) mass is 264 g/mol. The lowest BCUT2D eigenvalue weighted by atomic mass is 10.1. The van der Waals surface area contributed by atoms with Crippen molar-refractivity contribution in [1.82, 2.24) is 0 Å². The standard InChI is InChI=1S/C12H9BrO2/c13-11-6-9-4-2-1-3-8(9)5-10(11)7-12(14)15/h1-6H,7H2,(H,14,15). The van der Waals surface area contributed by atoms with Gasteiger partial charge in [-0.25, -0.2) is 0 Å². The van der Waals surface area contributed by atoms with Gasteiger partial charge in [0.15, 0.2) is 0 Å². The summed E-state index contributed by atoms with van der Waals surface area (Å²) in [5.74, 6) is -0.814. The zero-order chi connectivity index (χ0) is 10.8. The molecule has 0 saturated heterocycles. The average Bonchev–Trinajstić information content (AvgIpc) is 2.18. The third-order valence-electron chi connectivity index (χ3n) is 2.26. The van der Waals surface area contributed by atoms with Gasteiger partial charge in [-0.3, -0.25) is 4.79 Å². The molecule has 0 aromatic heterocycles.